The molecule has 6 aromatic carbocycles. The van der Waals surface area contributed by atoms with Crippen LogP contribution in [0.3, 0.4) is 0 Å². The summed E-state index contributed by atoms with van der Waals surface area (Å²) in [6.07, 6.45) is 0. The van der Waals surface area contributed by atoms with Crippen LogP contribution in [0.15, 0.2) is 182 Å². The third kappa shape index (κ3) is 21.0. The van der Waals surface area contributed by atoms with Crippen molar-refractivity contribution in [1.29, 1.82) is 0 Å². The molecule has 0 heterocycles. The van der Waals surface area contributed by atoms with Gasteiger partial charge in [-0.05, 0) is 61.5 Å². The van der Waals surface area contributed by atoms with E-state index in [0.29, 0.717) is 0 Å². The Bertz CT molecular complexity index is 1400. The molecule has 0 saturated heterocycles. The SMILES string of the molecule is CCOCC.F[B-](F)(F)F.F[C-](F)F.[Pt+2].c1ccc(P(c2ccccc2)c2ccccc2)cc1.c1ccc(P(c2ccccc2)c2ccccc2)cc1. The van der Waals surface area contributed by atoms with Crippen molar-refractivity contribution in [3.8, 4) is 0 Å². The molecule has 0 radical (unpaired) electrons. The fourth-order valence-electron chi connectivity index (χ4n) is 4.56. The molecule has 0 spiro atoms. The Morgan fingerprint density at radius 1 is 0.396 bits per heavy atom. The molecule has 0 N–H and O–H groups in total. The van der Waals surface area contributed by atoms with Gasteiger partial charge in [0.2, 0.25) is 0 Å². The van der Waals surface area contributed by atoms with Crippen LogP contribution in [0.5, 0.6) is 0 Å². The van der Waals surface area contributed by atoms with Crippen molar-refractivity contribution >= 4 is 54.9 Å². The van der Waals surface area contributed by atoms with Crippen molar-refractivity contribution in [2.75, 3.05) is 13.2 Å². The number of hydrogen-bond acceptors (Lipinski definition) is 1. The Morgan fingerprint density at radius 2 is 0.528 bits per heavy atom. The Morgan fingerprint density at radius 3 is 0.623 bits per heavy atom. The first-order valence-corrected chi connectivity index (χ1v) is 18.9. The van der Waals surface area contributed by atoms with Crippen LogP contribution < -0.4 is 31.8 Å². The molecule has 6 aromatic rings. The van der Waals surface area contributed by atoms with Gasteiger partial charge in [-0.1, -0.05) is 182 Å². The van der Waals surface area contributed by atoms with E-state index in [4.69, 9.17) is 4.74 Å². The van der Waals surface area contributed by atoms with Crippen molar-refractivity contribution in [3.05, 3.63) is 189 Å². The predicted molar refractivity (Wildman–Crippen MR) is 209 cm³/mol. The third-order valence-corrected chi connectivity index (χ3v) is 11.4. The molecule has 282 valence electrons. The first kappa shape index (κ1) is 47.4. The minimum atomic E-state index is -6.00. The largest absolute Gasteiger partial charge is 2.00 e. The Hall–Kier alpha value is -3.60. The molecule has 0 amide bonds. The van der Waals surface area contributed by atoms with Gasteiger partial charge in [-0.2, -0.15) is 0 Å². The van der Waals surface area contributed by atoms with Crippen molar-refractivity contribution in [1.82, 2.24) is 0 Å². The number of rotatable bonds is 8. The van der Waals surface area contributed by atoms with Gasteiger partial charge in [0.15, 0.2) is 6.68 Å². The standard InChI is InChI=1S/2C18H15P.C4H10O.CF3.BF4.Pt/c2*1-4-10-16(11-5-1)19(17-12-6-2-7-13-17)18-14-8-3-9-15-18;1-3-5-4-2;2-1(3)4;2-1(3,4)5;/h2*1-15H;3-4H2,1-2H3;;;/q;;;2*-1;+2. The van der Waals surface area contributed by atoms with Crippen LogP contribution in [0.1, 0.15) is 13.8 Å². The summed E-state index contributed by atoms with van der Waals surface area (Å²) in [5.41, 5.74) is 0. The molecule has 12 heteroatoms. The molecule has 0 saturated carbocycles. The van der Waals surface area contributed by atoms with E-state index >= 15 is 0 Å². The van der Waals surface area contributed by atoms with E-state index in [1.54, 1.807) is 0 Å². The minimum Gasteiger partial charge on any atom is -0.418 e. The minimum absolute atomic E-state index is 0. The van der Waals surface area contributed by atoms with E-state index in [-0.39, 0.29) is 21.1 Å². The predicted octanol–water partition coefficient (Wildman–Crippen LogP) is 10.6. The molecule has 0 aromatic heterocycles. The van der Waals surface area contributed by atoms with Gasteiger partial charge in [0.05, 0.1) is 0 Å². The maximum Gasteiger partial charge on any atom is 2.00 e. The second kappa shape index (κ2) is 27.9. The summed E-state index contributed by atoms with van der Waals surface area (Å²) in [6.45, 7) is 2.58. The van der Waals surface area contributed by atoms with E-state index in [1.165, 1.54) is 31.8 Å². The van der Waals surface area contributed by atoms with Gasteiger partial charge in [0.1, 0.15) is 0 Å². The van der Waals surface area contributed by atoms with E-state index in [1.807, 2.05) is 13.8 Å². The number of hydrogen-bond donors (Lipinski definition) is 0. The summed E-state index contributed by atoms with van der Waals surface area (Å²) in [5, 5.41) is 8.39. The molecular formula is C41H40BF7OP2Pt. The van der Waals surface area contributed by atoms with Crippen LogP contribution in [0.2, 0.25) is 0 Å². The fraction of sp³-hybridized carbons (Fsp3) is 0.0976. The zero-order chi connectivity index (χ0) is 38.0. The van der Waals surface area contributed by atoms with Crippen LogP contribution in [0.25, 0.3) is 0 Å². The molecule has 0 aliphatic carbocycles. The normalized spacial score (nSPS) is 10.2. The first-order chi connectivity index (χ1) is 25.0. The number of halogens is 7. The van der Waals surface area contributed by atoms with E-state index in [2.05, 4.69) is 182 Å². The second-order valence-corrected chi connectivity index (χ2v) is 14.6. The molecule has 0 bridgehead atoms. The molecule has 0 aliphatic rings. The van der Waals surface area contributed by atoms with Gasteiger partial charge in [0.25, 0.3) is 0 Å². The first-order valence-electron chi connectivity index (χ1n) is 16.2. The maximum atomic E-state index is 9.75. The van der Waals surface area contributed by atoms with Crippen molar-refractivity contribution in [2.24, 2.45) is 0 Å². The maximum absolute atomic E-state index is 9.75. The molecule has 6 rings (SSSR count). The van der Waals surface area contributed by atoms with Crippen LogP contribution >= 0.6 is 15.8 Å². The summed E-state index contributed by atoms with van der Waals surface area (Å²) in [4.78, 5) is 0. The summed E-state index contributed by atoms with van der Waals surface area (Å²) >= 11 is 0. The molecule has 0 atom stereocenters. The Balaban J connectivity index is 0.000000388. The summed E-state index contributed by atoms with van der Waals surface area (Å²) in [5.74, 6) is 0. The molecule has 0 aliphatic heterocycles. The van der Waals surface area contributed by atoms with Crippen LogP contribution in [0.4, 0.5) is 30.4 Å². The average molecular weight is 950 g/mol. The molecule has 53 heavy (non-hydrogen) atoms. The van der Waals surface area contributed by atoms with Gasteiger partial charge in [-0.3, -0.25) is 0 Å². The second-order valence-electron chi connectivity index (χ2n) is 10.2. The van der Waals surface area contributed by atoms with E-state index in [9.17, 15) is 30.4 Å². The summed E-state index contributed by atoms with van der Waals surface area (Å²) in [7, 11) is -6.89. The van der Waals surface area contributed by atoms with Crippen LogP contribution in [-0.4, -0.2) is 20.5 Å². The van der Waals surface area contributed by atoms with Gasteiger partial charge >= 0.3 is 28.3 Å². The van der Waals surface area contributed by atoms with Gasteiger partial charge in [-0.15, -0.1) is 0 Å². The fourth-order valence-corrected chi connectivity index (χ4v) is 9.17. The number of benzene rings is 6. The van der Waals surface area contributed by atoms with Crippen molar-refractivity contribution in [2.45, 2.75) is 13.8 Å². The third-order valence-electron chi connectivity index (χ3n) is 6.49. The van der Waals surface area contributed by atoms with Crippen molar-refractivity contribution in [3.63, 3.8) is 0 Å². The molecule has 1 nitrogen and oxygen atoms in total. The van der Waals surface area contributed by atoms with Gasteiger partial charge in [0, 0.05) is 13.2 Å². The van der Waals surface area contributed by atoms with Gasteiger partial charge in [-0.25, -0.2) is 0 Å². The monoisotopic (exact) mass is 949 g/mol. The quantitative estimate of drug-likeness (QED) is 0.0640. The molecule has 0 unspecified atom stereocenters. The Kier molecular flexibility index (Phi) is 25.0. The smallest absolute Gasteiger partial charge is 0.418 e. The van der Waals surface area contributed by atoms with Gasteiger partial charge < -0.3 is 35.2 Å². The van der Waals surface area contributed by atoms with Crippen molar-refractivity contribution < 1.29 is 56.2 Å². The Labute approximate surface area is 325 Å². The summed E-state index contributed by atoms with van der Waals surface area (Å²) < 4.78 is 72.6. The average Bonchev–Trinajstić information content (AvgIpc) is 3.15. The van der Waals surface area contributed by atoms with Crippen LogP contribution in [0, 0.1) is 6.68 Å². The number of ether oxygens (including phenoxy) is 1. The van der Waals surface area contributed by atoms with E-state index < -0.39 is 29.8 Å². The zero-order valence-corrected chi connectivity index (χ0v) is 33.1. The zero-order valence-electron chi connectivity index (χ0n) is 29.1. The van der Waals surface area contributed by atoms with E-state index in [0.717, 1.165) is 13.2 Å². The summed E-state index contributed by atoms with van der Waals surface area (Å²) in [6, 6.07) is 64.7. The molecular weight excluding hydrogens is 909 g/mol. The molecule has 0 fully saturated rings. The topological polar surface area (TPSA) is 9.23 Å². The van der Waals surface area contributed by atoms with Crippen LogP contribution in [-0.2, 0) is 25.8 Å².